The van der Waals surface area contributed by atoms with Crippen LogP contribution in [0.5, 0.6) is 11.6 Å². The monoisotopic (exact) mass is 321 g/mol. The standard InChI is InChI=1S/C11H7Cl2F2N3O2/c12-6-1-4(16)2-7(13)9(6)20-11-5(10(14)15)3-8(19)17-18-11/h1-3,10H,16H2,(H,17,19). The number of aromatic amines is 1. The number of ether oxygens (including phenoxy) is 1. The van der Waals surface area contributed by atoms with Gasteiger partial charge in [-0.15, -0.1) is 5.10 Å². The maximum atomic E-state index is 12.8. The number of rotatable bonds is 3. The van der Waals surface area contributed by atoms with Gasteiger partial charge in [0.15, 0.2) is 5.75 Å². The van der Waals surface area contributed by atoms with E-state index in [1.54, 1.807) is 0 Å². The molecule has 1 heterocycles. The van der Waals surface area contributed by atoms with Crippen molar-refractivity contribution in [3.63, 3.8) is 0 Å². The van der Waals surface area contributed by atoms with Gasteiger partial charge in [-0.3, -0.25) is 4.79 Å². The fourth-order valence-electron chi connectivity index (χ4n) is 1.42. The minimum atomic E-state index is -2.94. The van der Waals surface area contributed by atoms with Crippen LogP contribution in [-0.4, -0.2) is 10.2 Å². The van der Waals surface area contributed by atoms with Crippen molar-refractivity contribution in [3.8, 4) is 11.6 Å². The van der Waals surface area contributed by atoms with Crippen LogP contribution in [0.3, 0.4) is 0 Å². The molecule has 0 spiro atoms. The summed E-state index contributed by atoms with van der Waals surface area (Å²) in [6, 6.07) is 3.37. The molecule has 0 saturated heterocycles. The highest BCUT2D eigenvalue weighted by molar-refractivity contribution is 6.37. The lowest BCUT2D eigenvalue weighted by Gasteiger charge is -2.11. The zero-order valence-electron chi connectivity index (χ0n) is 9.66. The van der Waals surface area contributed by atoms with Crippen molar-refractivity contribution in [2.75, 3.05) is 5.73 Å². The summed E-state index contributed by atoms with van der Waals surface area (Å²) in [6.45, 7) is 0. The number of hydrogen-bond acceptors (Lipinski definition) is 4. The SMILES string of the molecule is Nc1cc(Cl)c(Oc2n[nH]c(=O)cc2C(F)F)c(Cl)c1. The van der Waals surface area contributed by atoms with Gasteiger partial charge in [-0.05, 0) is 12.1 Å². The van der Waals surface area contributed by atoms with Crippen LogP contribution in [0.15, 0.2) is 23.0 Å². The van der Waals surface area contributed by atoms with Crippen LogP contribution in [0.2, 0.25) is 10.0 Å². The smallest absolute Gasteiger partial charge is 0.269 e. The second-order valence-corrected chi connectivity index (χ2v) is 4.52. The Kier molecular flexibility index (Phi) is 4.10. The second kappa shape index (κ2) is 5.64. The molecule has 0 bridgehead atoms. The number of alkyl halides is 2. The van der Waals surface area contributed by atoms with Crippen LogP contribution in [-0.2, 0) is 0 Å². The average Bonchev–Trinajstić information content (AvgIpc) is 2.34. The third-order valence-electron chi connectivity index (χ3n) is 2.26. The maximum Gasteiger partial charge on any atom is 0.269 e. The Bertz CT molecular complexity index is 683. The fraction of sp³-hybridized carbons (Fsp3) is 0.0909. The van der Waals surface area contributed by atoms with Gasteiger partial charge in [-0.1, -0.05) is 23.2 Å². The first kappa shape index (κ1) is 14.5. The highest BCUT2D eigenvalue weighted by atomic mass is 35.5. The van der Waals surface area contributed by atoms with Gasteiger partial charge in [0.1, 0.15) is 0 Å². The number of H-pyrrole nitrogens is 1. The Morgan fingerprint density at radius 2 is 1.85 bits per heavy atom. The van der Waals surface area contributed by atoms with Crippen LogP contribution in [0.25, 0.3) is 0 Å². The first-order chi connectivity index (χ1) is 9.38. The van der Waals surface area contributed by atoms with E-state index in [0.717, 1.165) is 0 Å². The number of anilines is 1. The number of aromatic nitrogens is 2. The van der Waals surface area contributed by atoms with Crippen molar-refractivity contribution < 1.29 is 13.5 Å². The molecule has 20 heavy (non-hydrogen) atoms. The van der Waals surface area contributed by atoms with E-state index in [1.165, 1.54) is 12.1 Å². The summed E-state index contributed by atoms with van der Waals surface area (Å²) in [5.74, 6) is -0.572. The summed E-state index contributed by atoms with van der Waals surface area (Å²) < 4.78 is 30.8. The highest BCUT2D eigenvalue weighted by Crippen LogP contribution is 2.39. The lowest BCUT2D eigenvalue weighted by molar-refractivity contribution is 0.146. The highest BCUT2D eigenvalue weighted by Gasteiger charge is 2.19. The largest absolute Gasteiger partial charge is 0.434 e. The molecular formula is C11H7Cl2F2N3O2. The molecule has 0 saturated carbocycles. The molecule has 1 aromatic heterocycles. The third-order valence-corrected chi connectivity index (χ3v) is 2.82. The average molecular weight is 322 g/mol. The van der Waals surface area contributed by atoms with E-state index in [-0.39, 0.29) is 21.5 Å². The summed E-state index contributed by atoms with van der Waals surface area (Å²) in [5.41, 5.74) is 4.36. The van der Waals surface area contributed by atoms with Crippen molar-refractivity contribution in [2.24, 2.45) is 0 Å². The summed E-state index contributed by atoms with van der Waals surface area (Å²) in [6.07, 6.45) is -2.94. The third kappa shape index (κ3) is 3.00. The Hall–Kier alpha value is -1.86. The van der Waals surface area contributed by atoms with E-state index >= 15 is 0 Å². The second-order valence-electron chi connectivity index (χ2n) is 3.71. The van der Waals surface area contributed by atoms with E-state index in [0.29, 0.717) is 6.07 Å². The molecule has 0 fully saturated rings. The topological polar surface area (TPSA) is 81.0 Å². The number of nitrogens with one attached hydrogen (secondary N) is 1. The number of nitrogens with two attached hydrogens (primary N) is 1. The summed E-state index contributed by atoms with van der Waals surface area (Å²) in [7, 11) is 0. The van der Waals surface area contributed by atoms with E-state index in [1.807, 2.05) is 5.10 Å². The molecule has 3 N–H and O–H groups in total. The molecule has 0 unspecified atom stereocenters. The Labute approximate surface area is 121 Å². The Morgan fingerprint density at radius 1 is 1.25 bits per heavy atom. The van der Waals surface area contributed by atoms with Crippen molar-refractivity contribution in [3.05, 3.63) is 44.2 Å². The van der Waals surface area contributed by atoms with Crippen LogP contribution >= 0.6 is 23.2 Å². The quantitative estimate of drug-likeness (QED) is 0.849. The molecule has 9 heteroatoms. The predicted octanol–water partition coefficient (Wildman–Crippen LogP) is 3.39. The molecule has 2 rings (SSSR count). The molecule has 2 aromatic rings. The molecule has 106 valence electrons. The van der Waals surface area contributed by atoms with Gasteiger partial charge in [-0.2, -0.15) is 0 Å². The summed E-state index contributed by atoms with van der Waals surface area (Å²) in [4.78, 5) is 11.0. The zero-order chi connectivity index (χ0) is 14.9. The van der Waals surface area contributed by atoms with Crippen molar-refractivity contribution >= 4 is 28.9 Å². The molecule has 0 radical (unpaired) electrons. The minimum absolute atomic E-state index is 0.0308. The molecule has 0 aliphatic rings. The van der Waals surface area contributed by atoms with E-state index < -0.39 is 23.4 Å². The number of halogens is 4. The van der Waals surface area contributed by atoms with Gasteiger partial charge in [0.2, 0.25) is 5.88 Å². The molecule has 0 atom stereocenters. The number of benzene rings is 1. The van der Waals surface area contributed by atoms with Gasteiger partial charge in [0.25, 0.3) is 12.0 Å². The molecule has 5 nitrogen and oxygen atoms in total. The first-order valence-electron chi connectivity index (χ1n) is 5.18. The number of nitrogen functional groups attached to an aromatic ring is 1. The molecular weight excluding hydrogens is 315 g/mol. The van der Waals surface area contributed by atoms with Crippen LogP contribution in [0, 0.1) is 0 Å². The van der Waals surface area contributed by atoms with Gasteiger partial charge in [-0.25, -0.2) is 13.9 Å². The lowest BCUT2D eigenvalue weighted by Crippen LogP contribution is -2.10. The van der Waals surface area contributed by atoms with E-state index in [2.05, 4.69) is 5.10 Å². The first-order valence-corrected chi connectivity index (χ1v) is 5.94. The van der Waals surface area contributed by atoms with E-state index in [9.17, 15) is 13.6 Å². The molecule has 0 amide bonds. The zero-order valence-corrected chi connectivity index (χ0v) is 11.2. The number of nitrogens with zero attached hydrogens (tertiary/aromatic N) is 1. The van der Waals surface area contributed by atoms with Crippen molar-refractivity contribution in [2.45, 2.75) is 6.43 Å². The van der Waals surface area contributed by atoms with Crippen LogP contribution in [0.4, 0.5) is 14.5 Å². The van der Waals surface area contributed by atoms with Gasteiger partial charge in [0, 0.05) is 11.8 Å². The molecule has 0 aliphatic heterocycles. The van der Waals surface area contributed by atoms with E-state index in [4.69, 9.17) is 33.7 Å². The normalized spacial score (nSPS) is 10.8. The Morgan fingerprint density at radius 3 is 2.40 bits per heavy atom. The predicted molar refractivity (Wildman–Crippen MR) is 70.8 cm³/mol. The summed E-state index contributed by atoms with van der Waals surface area (Å²) >= 11 is 11.7. The maximum absolute atomic E-state index is 12.8. The number of hydrogen-bond donors (Lipinski definition) is 2. The van der Waals surface area contributed by atoms with Gasteiger partial charge < -0.3 is 10.5 Å². The Balaban J connectivity index is 2.48. The minimum Gasteiger partial charge on any atom is -0.434 e. The van der Waals surface area contributed by atoms with Crippen molar-refractivity contribution in [1.82, 2.24) is 10.2 Å². The van der Waals surface area contributed by atoms with Gasteiger partial charge >= 0.3 is 0 Å². The van der Waals surface area contributed by atoms with Crippen LogP contribution < -0.4 is 16.0 Å². The van der Waals surface area contributed by atoms with Gasteiger partial charge in [0.05, 0.1) is 15.6 Å². The summed E-state index contributed by atoms with van der Waals surface area (Å²) in [5, 5.41) is 5.46. The fourth-order valence-corrected chi connectivity index (χ4v) is 2.00. The lowest BCUT2D eigenvalue weighted by atomic mass is 10.3. The molecule has 0 aliphatic carbocycles. The van der Waals surface area contributed by atoms with Crippen molar-refractivity contribution in [1.29, 1.82) is 0 Å². The molecule has 1 aromatic carbocycles. The van der Waals surface area contributed by atoms with Crippen LogP contribution in [0.1, 0.15) is 12.0 Å².